The zero-order chi connectivity index (χ0) is 14.2. The second-order valence-corrected chi connectivity index (χ2v) is 5.86. The van der Waals surface area contributed by atoms with Crippen LogP contribution >= 0.6 is 0 Å². The fourth-order valence-corrected chi connectivity index (χ4v) is 3.59. The molecule has 0 saturated heterocycles. The summed E-state index contributed by atoms with van der Waals surface area (Å²) in [7, 11) is 0. The first-order chi connectivity index (χ1) is 9.63. The molecule has 1 aromatic rings. The van der Waals surface area contributed by atoms with E-state index in [1.807, 2.05) is 6.07 Å². The van der Waals surface area contributed by atoms with Crippen molar-refractivity contribution in [2.75, 3.05) is 6.54 Å². The monoisotopic (exact) mass is 273 g/mol. The second-order valence-electron chi connectivity index (χ2n) is 5.86. The Balaban J connectivity index is 1.69. The van der Waals surface area contributed by atoms with Crippen molar-refractivity contribution in [2.24, 2.45) is 5.92 Å². The molecule has 1 spiro atoms. The standard InChI is InChI=1S/C16H19NO3/c18-14(19)7-9-17-15(20)13-10-16(13)8-3-5-11-4-1-2-6-12(11)16/h1-2,4,6,13H,3,5,7-10H2,(H,17,20)(H,18,19). The van der Waals surface area contributed by atoms with Crippen molar-refractivity contribution in [1.29, 1.82) is 0 Å². The van der Waals surface area contributed by atoms with Crippen LogP contribution in [0.1, 0.15) is 36.8 Å². The van der Waals surface area contributed by atoms with Crippen molar-refractivity contribution in [1.82, 2.24) is 5.32 Å². The van der Waals surface area contributed by atoms with Gasteiger partial charge in [-0.3, -0.25) is 9.59 Å². The van der Waals surface area contributed by atoms with Crippen LogP contribution in [-0.2, 0) is 21.4 Å². The number of carbonyl (C=O) groups excluding carboxylic acids is 1. The lowest BCUT2D eigenvalue weighted by atomic mass is 9.78. The van der Waals surface area contributed by atoms with E-state index < -0.39 is 5.97 Å². The Hall–Kier alpha value is -1.84. The summed E-state index contributed by atoms with van der Waals surface area (Å²) in [6, 6.07) is 8.42. The van der Waals surface area contributed by atoms with E-state index in [4.69, 9.17) is 5.11 Å². The highest BCUT2D eigenvalue weighted by Gasteiger charge is 2.59. The highest BCUT2D eigenvalue weighted by atomic mass is 16.4. The van der Waals surface area contributed by atoms with E-state index >= 15 is 0 Å². The van der Waals surface area contributed by atoms with Crippen molar-refractivity contribution in [3.8, 4) is 0 Å². The number of carbonyl (C=O) groups is 2. The minimum Gasteiger partial charge on any atom is -0.481 e. The molecule has 2 aliphatic rings. The summed E-state index contributed by atoms with van der Waals surface area (Å²) in [4.78, 5) is 22.6. The maximum Gasteiger partial charge on any atom is 0.305 e. The van der Waals surface area contributed by atoms with E-state index in [9.17, 15) is 9.59 Å². The molecule has 2 unspecified atom stereocenters. The van der Waals surface area contributed by atoms with Crippen LogP contribution in [0.25, 0.3) is 0 Å². The Morgan fingerprint density at radius 1 is 1.35 bits per heavy atom. The number of carboxylic acids is 1. The summed E-state index contributed by atoms with van der Waals surface area (Å²) in [6.07, 6.45) is 4.20. The van der Waals surface area contributed by atoms with Gasteiger partial charge in [-0.1, -0.05) is 24.3 Å². The van der Waals surface area contributed by atoms with Crippen molar-refractivity contribution in [2.45, 2.75) is 37.5 Å². The van der Waals surface area contributed by atoms with Gasteiger partial charge in [0.05, 0.1) is 6.42 Å². The molecule has 1 saturated carbocycles. The van der Waals surface area contributed by atoms with Gasteiger partial charge in [0.25, 0.3) is 0 Å². The summed E-state index contributed by atoms with van der Waals surface area (Å²) >= 11 is 0. The molecule has 2 aliphatic carbocycles. The number of hydrogen-bond acceptors (Lipinski definition) is 2. The highest BCUT2D eigenvalue weighted by Crippen LogP contribution is 2.60. The average molecular weight is 273 g/mol. The zero-order valence-corrected chi connectivity index (χ0v) is 11.4. The summed E-state index contributed by atoms with van der Waals surface area (Å²) < 4.78 is 0. The van der Waals surface area contributed by atoms with E-state index in [1.54, 1.807) is 0 Å². The van der Waals surface area contributed by atoms with E-state index in [2.05, 4.69) is 23.5 Å². The van der Waals surface area contributed by atoms with Crippen LogP contribution < -0.4 is 5.32 Å². The fourth-order valence-electron chi connectivity index (χ4n) is 3.59. The number of fused-ring (bicyclic) bond motifs is 2. The molecule has 3 rings (SSSR count). The lowest BCUT2D eigenvalue weighted by Gasteiger charge is -2.26. The Morgan fingerprint density at radius 3 is 2.95 bits per heavy atom. The third kappa shape index (κ3) is 2.19. The van der Waals surface area contributed by atoms with Crippen LogP contribution in [0, 0.1) is 5.92 Å². The quantitative estimate of drug-likeness (QED) is 0.880. The highest BCUT2D eigenvalue weighted by molar-refractivity contribution is 5.85. The Labute approximate surface area is 118 Å². The Morgan fingerprint density at radius 2 is 2.15 bits per heavy atom. The van der Waals surface area contributed by atoms with Gasteiger partial charge in [0.2, 0.25) is 5.91 Å². The van der Waals surface area contributed by atoms with Crippen LogP contribution in [0.15, 0.2) is 24.3 Å². The normalized spacial score (nSPS) is 26.9. The molecule has 0 radical (unpaired) electrons. The lowest BCUT2D eigenvalue weighted by Crippen LogP contribution is -2.31. The van der Waals surface area contributed by atoms with E-state index in [1.165, 1.54) is 11.1 Å². The van der Waals surface area contributed by atoms with Gasteiger partial charge in [0.15, 0.2) is 0 Å². The van der Waals surface area contributed by atoms with Crippen LogP contribution in [-0.4, -0.2) is 23.5 Å². The SMILES string of the molecule is O=C(O)CCNC(=O)C1CC12CCCc1ccccc12. The first-order valence-corrected chi connectivity index (χ1v) is 7.21. The van der Waals surface area contributed by atoms with E-state index in [-0.39, 0.29) is 30.2 Å². The van der Waals surface area contributed by atoms with Gasteiger partial charge in [-0.15, -0.1) is 0 Å². The summed E-state index contributed by atoms with van der Waals surface area (Å²) in [6.45, 7) is 0.225. The average Bonchev–Trinajstić information content (AvgIpc) is 3.14. The number of aliphatic carboxylic acids is 1. The third-order valence-electron chi connectivity index (χ3n) is 4.65. The molecular formula is C16H19NO3. The van der Waals surface area contributed by atoms with Crippen LogP contribution in [0.3, 0.4) is 0 Å². The van der Waals surface area contributed by atoms with Gasteiger partial charge in [0, 0.05) is 17.9 Å². The molecular weight excluding hydrogens is 254 g/mol. The summed E-state index contributed by atoms with van der Waals surface area (Å²) in [5.41, 5.74) is 2.74. The predicted octanol–water partition coefficient (Wildman–Crippen LogP) is 1.87. The molecule has 2 atom stereocenters. The van der Waals surface area contributed by atoms with Gasteiger partial charge in [-0.25, -0.2) is 0 Å². The second kappa shape index (κ2) is 4.93. The fraction of sp³-hybridized carbons (Fsp3) is 0.500. The predicted molar refractivity (Wildman–Crippen MR) is 74.4 cm³/mol. The maximum atomic E-state index is 12.2. The molecule has 1 fully saturated rings. The number of amides is 1. The third-order valence-corrected chi connectivity index (χ3v) is 4.65. The zero-order valence-electron chi connectivity index (χ0n) is 11.4. The first-order valence-electron chi connectivity index (χ1n) is 7.21. The molecule has 0 heterocycles. The topological polar surface area (TPSA) is 66.4 Å². The van der Waals surface area contributed by atoms with E-state index in [0.29, 0.717) is 0 Å². The number of nitrogens with one attached hydrogen (secondary N) is 1. The van der Waals surface area contributed by atoms with Gasteiger partial charge < -0.3 is 10.4 Å². The molecule has 2 N–H and O–H groups in total. The minimum atomic E-state index is -0.876. The van der Waals surface area contributed by atoms with Crippen molar-refractivity contribution in [3.63, 3.8) is 0 Å². The number of benzene rings is 1. The molecule has 1 aromatic carbocycles. The molecule has 0 bridgehead atoms. The van der Waals surface area contributed by atoms with Gasteiger partial charge in [-0.2, -0.15) is 0 Å². The van der Waals surface area contributed by atoms with Gasteiger partial charge in [0.1, 0.15) is 0 Å². The Kier molecular flexibility index (Phi) is 3.24. The lowest BCUT2D eigenvalue weighted by molar-refractivity contribution is -0.136. The molecule has 4 heteroatoms. The molecule has 20 heavy (non-hydrogen) atoms. The number of hydrogen-bond donors (Lipinski definition) is 2. The van der Waals surface area contributed by atoms with Gasteiger partial charge in [-0.05, 0) is 36.8 Å². The smallest absolute Gasteiger partial charge is 0.305 e. The maximum absolute atomic E-state index is 12.2. The minimum absolute atomic E-state index is 0.0119. The number of rotatable bonds is 4. The summed E-state index contributed by atoms with van der Waals surface area (Å²) in [5, 5.41) is 11.4. The van der Waals surface area contributed by atoms with Crippen LogP contribution in [0.4, 0.5) is 0 Å². The molecule has 1 amide bonds. The van der Waals surface area contributed by atoms with Crippen molar-refractivity contribution < 1.29 is 14.7 Å². The Bertz CT molecular complexity index is 554. The van der Waals surface area contributed by atoms with E-state index in [0.717, 1.165) is 25.7 Å². The molecule has 0 aliphatic heterocycles. The van der Waals surface area contributed by atoms with Crippen LogP contribution in [0.2, 0.25) is 0 Å². The number of carboxylic acid groups (broad SMARTS) is 1. The largest absolute Gasteiger partial charge is 0.481 e. The summed E-state index contributed by atoms with van der Waals surface area (Å²) in [5.74, 6) is -0.834. The van der Waals surface area contributed by atoms with Crippen LogP contribution in [0.5, 0.6) is 0 Å². The molecule has 106 valence electrons. The van der Waals surface area contributed by atoms with Gasteiger partial charge >= 0.3 is 5.97 Å². The molecule has 0 aromatic heterocycles. The molecule has 4 nitrogen and oxygen atoms in total. The first kappa shape index (κ1) is 13.2. The van der Waals surface area contributed by atoms with Crippen molar-refractivity contribution >= 4 is 11.9 Å². The van der Waals surface area contributed by atoms with Crippen molar-refractivity contribution in [3.05, 3.63) is 35.4 Å². The number of aryl methyl sites for hydroxylation is 1.